The van der Waals surface area contributed by atoms with Crippen LogP contribution in [0.1, 0.15) is 28.4 Å². The first-order chi connectivity index (χ1) is 14.2. The van der Waals surface area contributed by atoms with Gasteiger partial charge in [-0.05, 0) is 42.3 Å². The number of carbonyl (C=O) groups excluding carboxylic acids is 4. The fraction of sp³-hybridized carbons (Fsp3) is 0.238. The molecule has 0 aromatic heterocycles. The van der Waals surface area contributed by atoms with Gasteiger partial charge in [-0.3, -0.25) is 14.5 Å². The number of esters is 1. The summed E-state index contributed by atoms with van der Waals surface area (Å²) < 4.78 is 5.41. The average molecular weight is 474 g/mol. The Morgan fingerprint density at radius 2 is 1.87 bits per heavy atom. The zero-order chi connectivity index (χ0) is 21.9. The smallest absolute Gasteiger partial charge is 0.337 e. The maximum Gasteiger partial charge on any atom is 0.337 e. The summed E-state index contributed by atoms with van der Waals surface area (Å²) in [5.41, 5.74) is 0.528. The van der Waals surface area contributed by atoms with E-state index in [4.69, 9.17) is 0 Å². The van der Waals surface area contributed by atoms with Crippen LogP contribution in [0.5, 0.6) is 0 Å². The monoisotopic (exact) mass is 473 g/mol. The van der Waals surface area contributed by atoms with Crippen molar-refractivity contribution in [2.75, 3.05) is 13.7 Å². The van der Waals surface area contributed by atoms with Crippen LogP contribution in [0.2, 0.25) is 0 Å². The van der Waals surface area contributed by atoms with E-state index in [1.165, 1.54) is 7.11 Å². The van der Waals surface area contributed by atoms with E-state index in [0.717, 1.165) is 14.9 Å². The molecule has 1 saturated heterocycles. The number of methoxy groups -OCH3 is 1. The van der Waals surface area contributed by atoms with Crippen LogP contribution in [0.25, 0.3) is 0 Å². The molecule has 30 heavy (non-hydrogen) atoms. The van der Waals surface area contributed by atoms with Gasteiger partial charge in [0.1, 0.15) is 12.1 Å². The summed E-state index contributed by atoms with van der Waals surface area (Å²) in [5.74, 6) is -1.42. The van der Waals surface area contributed by atoms with Crippen molar-refractivity contribution >= 4 is 39.7 Å². The standard InChI is InChI=1S/C21H20BrN3O5/c1-21(15-4-3-5-16(22)10-15)19(28)25(20(29)24-21)12-17(26)23-11-13-6-8-14(9-7-13)18(27)30-2/h3-10H,11-12H2,1-2H3,(H,23,26)(H,24,29)/t21-/m0/s1. The summed E-state index contributed by atoms with van der Waals surface area (Å²) >= 11 is 3.36. The predicted octanol–water partition coefficient (Wildman–Crippen LogP) is 2.32. The minimum atomic E-state index is -1.25. The van der Waals surface area contributed by atoms with Crippen LogP contribution in [0.4, 0.5) is 4.79 Å². The fourth-order valence-electron chi connectivity index (χ4n) is 3.11. The third-order valence-electron chi connectivity index (χ3n) is 4.84. The summed E-state index contributed by atoms with van der Waals surface area (Å²) in [6.45, 7) is 1.40. The molecule has 2 N–H and O–H groups in total. The fourth-order valence-corrected chi connectivity index (χ4v) is 3.51. The Labute approximate surface area is 181 Å². The maximum absolute atomic E-state index is 12.9. The molecule has 2 aromatic carbocycles. The quantitative estimate of drug-likeness (QED) is 0.494. The van der Waals surface area contributed by atoms with Crippen molar-refractivity contribution in [1.29, 1.82) is 0 Å². The van der Waals surface area contributed by atoms with Crippen molar-refractivity contribution in [2.45, 2.75) is 19.0 Å². The van der Waals surface area contributed by atoms with Gasteiger partial charge in [0.15, 0.2) is 0 Å². The second-order valence-electron chi connectivity index (χ2n) is 6.92. The highest BCUT2D eigenvalue weighted by molar-refractivity contribution is 9.10. The molecule has 1 heterocycles. The van der Waals surface area contributed by atoms with Gasteiger partial charge in [0.25, 0.3) is 5.91 Å². The minimum absolute atomic E-state index is 0.187. The number of urea groups is 1. The Morgan fingerprint density at radius 1 is 1.17 bits per heavy atom. The van der Waals surface area contributed by atoms with Gasteiger partial charge in [0.2, 0.25) is 5.91 Å². The molecule has 8 nitrogen and oxygen atoms in total. The lowest BCUT2D eigenvalue weighted by Crippen LogP contribution is -2.43. The molecule has 1 atom stereocenters. The number of nitrogens with one attached hydrogen (secondary N) is 2. The lowest BCUT2D eigenvalue weighted by atomic mass is 9.92. The Kier molecular flexibility index (Phi) is 6.21. The second kappa shape index (κ2) is 8.66. The van der Waals surface area contributed by atoms with Crippen LogP contribution in [0.3, 0.4) is 0 Å². The lowest BCUT2D eigenvalue weighted by Gasteiger charge is -2.22. The number of hydrogen-bond donors (Lipinski definition) is 2. The highest BCUT2D eigenvalue weighted by atomic mass is 79.9. The molecule has 3 rings (SSSR count). The SMILES string of the molecule is COC(=O)c1ccc(CNC(=O)CN2C(=O)N[C@@](C)(c3cccc(Br)c3)C2=O)cc1. The van der Waals surface area contributed by atoms with Gasteiger partial charge >= 0.3 is 12.0 Å². The minimum Gasteiger partial charge on any atom is -0.465 e. The molecule has 9 heteroatoms. The number of halogens is 1. The van der Waals surface area contributed by atoms with E-state index >= 15 is 0 Å². The van der Waals surface area contributed by atoms with Crippen LogP contribution in [-0.4, -0.2) is 42.4 Å². The Bertz CT molecular complexity index is 1010. The average Bonchev–Trinajstić information content (AvgIpc) is 2.96. The number of carbonyl (C=O) groups is 4. The van der Waals surface area contributed by atoms with E-state index in [-0.39, 0.29) is 6.54 Å². The number of benzene rings is 2. The second-order valence-corrected chi connectivity index (χ2v) is 7.84. The molecule has 0 unspecified atom stereocenters. The van der Waals surface area contributed by atoms with Crippen molar-refractivity contribution in [3.05, 3.63) is 69.7 Å². The number of nitrogens with zero attached hydrogens (tertiary/aromatic N) is 1. The topological polar surface area (TPSA) is 105 Å². The molecule has 1 fully saturated rings. The molecule has 1 aliphatic rings. The third kappa shape index (κ3) is 4.35. The van der Waals surface area contributed by atoms with Crippen molar-refractivity contribution in [1.82, 2.24) is 15.5 Å². The van der Waals surface area contributed by atoms with Crippen molar-refractivity contribution < 1.29 is 23.9 Å². The number of ether oxygens (including phenoxy) is 1. The first-order valence-corrected chi connectivity index (χ1v) is 9.88. The van der Waals surface area contributed by atoms with E-state index in [0.29, 0.717) is 11.1 Å². The van der Waals surface area contributed by atoms with Crippen LogP contribution in [0.15, 0.2) is 53.0 Å². The Hall–Kier alpha value is -3.20. The summed E-state index contributed by atoms with van der Waals surface area (Å²) in [4.78, 5) is 49.9. The van der Waals surface area contributed by atoms with E-state index in [2.05, 4.69) is 31.3 Å². The zero-order valence-corrected chi connectivity index (χ0v) is 18.0. The summed E-state index contributed by atoms with van der Waals surface area (Å²) in [7, 11) is 1.30. The number of hydrogen-bond acceptors (Lipinski definition) is 5. The van der Waals surface area contributed by atoms with E-state index < -0.39 is 35.9 Å². The van der Waals surface area contributed by atoms with E-state index in [9.17, 15) is 19.2 Å². The third-order valence-corrected chi connectivity index (χ3v) is 5.34. The van der Waals surface area contributed by atoms with Crippen molar-refractivity contribution in [2.24, 2.45) is 0 Å². The van der Waals surface area contributed by atoms with Crippen molar-refractivity contribution in [3.8, 4) is 0 Å². The summed E-state index contributed by atoms with van der Waals surface area (Å²) in [6, 6.07) is 13.0. The van der Waals surface area contributed by atoms with Gasteiger partial charge in [-0.15, -0.1) is 0 Å². The molecule has 0 spiro atoms. The van der Waals surface area contributed by atoms with Crippen molar-refractivity contribution in [3.63, 3.8) is 0 Å². The normalized spacial score (nSPS) is 18.2. The molecule has 2 aromatic rings. The van der Waals surface area contributed by atoms with Crippen LogP contribution in [0, 0.1) is 0 Å². The van der Waals surface area contributed by atoms with Gasteiger partial charge in [-0.1, -0.05) is 40.2 Å². The first-order valence-electron chi connectivity index (χ1n) is 9.08. The van der Waals surface area contributed by atoms with Gasteiger partial charge in [0, 0.05) is 11.0 Å². The Balaban J connectivity index is 1.62. The van der Waals surface area contributed by atoms with Gasteiger partial charge in [0.05, 0.1) is 12.7 Å². The first kappa shape index (κ1) is 21.5. The highest BCUT2D eigenvalue weighted by Gasteiger charge is 2.49. The molecule has 4 amide bonds. The predicted molar refractivity (Wildman–Crippen MR) is 111 cm³/mol. The zero-order valence-electron chi connectivity index (χ0n) is 16.4. The summed E-state index contributed by atoms with van der Waals surface area (Å²) in [6.07, 6.45) is 0. The van der Waals surface area contributed by atoms with Crippen LogP contribution >= 0.6 is 15.9 Å². The molecule has 0 radical (unpaired) electrons. The Morgan fingerprint density at radius 3 is 2.50 bits per heavy atom. The molecular formula is C21H20BrN3O5. The molecule has 156 valence electrons. The van der Waals surface area contributed by atoms with Gasteiger partial charge in [-0.2, -0.15) is 0 Å². The van der Waals surface area contributed by atoms with Gasteiger partial charge in [-0.25, -0.2) is 9.59 Å². The molecular weight excluding hydrogens is 454 g/mol. The summed E-state index contributed by atoms with van der Waals surface area (Å²) in [5, 5.41) is 5.34. The molecule has 0 bridgehead atoms. The van der Waals surface area contributed by atoms with E-state index in [1.54, 1.807) is 49.4 Å². The number of rotatable bonds is 6. The number of amides is 4. The number of imide groups is 1. The van der Waals surface area contributed by atoms with Gasteiger partial charge < -0.3 is 15.4 Å². The maximum atomic E-state index is 12.9. The molecule has 1 aliphatic heterocycles. The lowest BCUT2D eigenvalue weighted by molar-refractivity contribution is -0.134. The largest absolute Gasteiger partial charge is 0.465 e. The van der Waals surface area contributed by atoms with Crippen LogP contribution < -0.4 is 10.6 Å². The molecule has 0 aliphatic carbocycles. The van der Waals surface area contributed by atoms with Crippen LogP contribution in [-0.2, 0) is 26.4 Å². The van der Waals surface area contributed by atoms with E-state index in [1.807, 2.05) is 6.07 Å². The highest BCUT2D eigenvalue weighted by Crippen LogP contribution is 2.30. The molecule has 0 saturated carbocycles.